The van der Waals surface area contributed by atoms with Gasteiger partial charge < -0.3 is 0 Å². The summed E-state index contributed by atoms with van der Waals surface area (Å²) in [5, 5.41) is 13.4. The minimum absolute atomic E-state index is 0.0406. The van der Waals surface area contributed by atoms with Crippen LogP contribution in [-0.2, 0) is 20.0 Å². The Kier molecular flexibility index (Phi) is 4.53. The average molecular weight is 488 g/mol. The maximum atomic E-state index is 13.5. The van der Waals surface area contributed by atoms with Crippen LogP contribution in [0.1, 0.15) is 22.4 Å². The number of aromatic amines is 1. The van der Waals surface area contributed by atoms with Gasteiger partial charge in [-0.3, -0.25) is 14.7 Å². The van der Waals surface area contributed by atoms with Gasteiger partial charge in [0.05, 0.1) is 29.6 Å². The summed E-state index contributed by atoms with van der Waals surface area (Å²) in [7, 11) is 1.96. The first-order valence-corrected chi connectivity index (χ1v) is 12.6. The van der Waals surface area contributed by atoms with Crippen molar-refractivity contribution in [2.45, 2.75) is 25.3 Å². The highest BCUT2D eigenvalue weighted by molar-refractivity contribution is 7.16. The number of hydrogen-bond acceptors (Lipinski definition) is 4. The highest BCUT2D eigenvalue weighted by Crippen LogP contribution is 2.46. The molecule has 1 aliphatic carbocycles. The van der Waals surface area contributed by atoms with E-state index in [2.05, 4.69) is 63.8 Å². The minimum Gasteiger partial charge on any atom is -0.293 e. The lowest BCUT2D eigenvalue weighted by atomic mass is 10.0. The predicted molar refractivity (Wildman–Crippen MR) is 135 cm³/mol. The van der Waals surface area contributed by atoms with Crippen LogP contribution in [0.25, 0.3) is 43.9 Å². The van der Waals surface area contributed by atoms with E-state index in [1.165, 1.54) is 20.9 Å². The van der Waals surface area contributed by atoms with Gasteiger partial charge in [-0.2, -0.15) is 10.2 Å². The molecule has 0 unspecified atom stereocenters. The van der Waals surface area contributed by atoms with E-state index in [1.807, 2.05) is 34.2 Å². The number of likely N-dealkylation sites (tertiary alicyclic amines) is 1. The van der Waals surface area contributed by atoms with Gasteiger partial charge in [-0.05, 0) is 23.3 Å². The van der Waals surface area contributed by atoms with Crippen molar-refractivity contribution in [2.24, 2.45) is 7.05 Å². The van der Waals surface area contributed by atoms with Gasteiger partial charge in [0, 0.05) is 64.8 Å². The number of aromatic nitrogens is 4. The molecule has 1 saturated heterocycles. The molecule has 1 fully saturated rings. The highest BCUT2D eigenvalue weighted by Gasteiger charge is 2.37. The number of H-pyrrole nitrogens is 1. The molecule has 4 heterocycles. The first kappa shape index (κ1) is 21.0. The summed E-state index contributed by atoms with van der Waals surface area (Å²) in [6.45, 7) is 0.884. The number of fused-ring (bicyclic) bond motifs is 4. The minimum atomic E-state index is -2.55. The quantitative estimate of drug-likeness (QED) is 0.327. The number of thiophene rings is 1. The Bertz CT molecular complexity index is 1580. The molecule has 2 aliphatic rings. The Labute approximate surface area is 205 Å². The lowest BCUT2D eigenvalue weighted by Gasteiger charge is -2.15. The Hall–Kier alpha value is -3.36. The fourth-order valence-corrected chi connectivity index (χ4v) is 6.52. The topological polar surface area (TPSA) is 49.7 Å². The average Bonchev–Trinajstić information content (AvgIpc) is 3.63. The van der Waals surface area contributed by atoms with Crippen LogP contribution in [0.5, 0.6) is 0 Å². The maximum Gasteiger partial charge on any atom is 0.261 e. The molecule has 2 aromatic carbocycles. The molecule has 0 spiro atoms. The molecule has 0 bridgehead atoms. The van der Waals surface area contributed by atoms with E-state index in [9.17, 15) is 8.78 Å². The molecule has 5 aromatic rings. The third-order valence-corrected chi connectivity index (χ3v) is 8.38. The van der Waals surface area contributed by atoms with E-state index in [1.54, 1.807) is 0 Å². The van der Waals surface area contributed by atoms with Crippen molar-refractivity contribution in [2.75, 3.05) is 13.1 Å². The summed E-state index contributed by atoms with van der Waals surface area (Å²) < 4.78 is 28.8. The van der Waals surface area contributed by atoms with Crippen LogP contribution in [0.3, 0.4) is 0 Å². The maximum absolute atomic E-state index is 13.5. The Morgan fingerprint density at radius 3 is 2.71 bits per heavy atom. The second kappa shape index (κ2) is 7.57. The van der Waals surface area contributed by atoms with Crippen LogP contribution in [0, 0.1) is 0 Å². The molecule has 1 aliphatic heterocycles. The highest BCUT2D eigenvalue weighted by atomic mass is 32.1. The summed E-state index contributed by atoms with van der Waals surface area (Å²) in [6.07, 6.45) is 2.71. The van der Waals surface area contributed by atoms with Crippen LogP contribution in [-0.4, -0.2) is 43.9 Å². The van der Waals surface area contributed by atoms with Crippen molar-refractivity contribution in [1.29, 1.82) is 0 Å². The van der Waals surface area contributed by atoms with Crippen molar-refractivity contribution in [3.05, 3.63) is 70.7 Å². The van der Waals surface area contributed by atoms with E-state index < -0.39 is 5.92 Å². The third kappa shape index (κ3) is 3.51. The standard InChI is InChI=1S/C27H23F2N5S/c1-33-22-10-18(6-7-19(22)13-30-33)25-21-12-24-20(26(21)32-31-25)11-23(35-24)17-4-2-16(3-5-17)14-34-9-8-27(28,29)15-34/h2-7,10-11,13H,8-9,12,14-15H2,1H3,(H,31,32). The monoisotopic (exact) mass is 487 g/mol. The lowest BCUT2D eigenvalue weighted by molar-refractivity contribution is 0.0115. The summed E-state index contributed by atoms with van der Waals surface area (Å²) in [5.74, 6) is -2.55. The van der Waals surface area contributed by atoms with Gasteiger partial charge in [0.1, 0.15) is 0 Å². The molecule has 0 saturated carbocycles. The number of nitrogens with one attached hydrogen (secondary N) is 1. The van der Waals surface area contributed by atoms with E-state index in [-0.39, 0.29) is 13.0 Å². The molecule has 7 rings (SSSR count). The Balaban J connectivity index is 1.14. The van der Waals surface area contributed by atoms with Crippen molar-refractivity contribution in [1.82, 2.24) is 24.9 Å². The summed E-state index contributed by atoms with van der Waals surface area (Å²) in [6, 6.07) is 16.9. The molecular formula is C27H23F2N5S. The predicted octanol–water partition coefficient (Wildman–Crippen LogP) is 6.10. The SMILES string of the molecule is Cn1ncc2ccc(-c3n[nH]c4c3Cc3sc(-c5ccc(CN6CCC(F)(F)C6)cc5)cc3-4)cc21. The van der Waals surface area contributed by atoms with E-state index >= 15 is 0 Å². The second-order valence-corrected chi connectivity index (χ2v) is 10.7. The number of benzene rings is 2. The Morgan fingerprint density at radius 2 is 1.91 bits per heavy atom. The van der Waals surface area contributed by atoms with E-state index in [4.69, 9.17) is 0 Å². The van der Waals surface area contributed by atoms with E-state index in [0.717, 1.165) is 45.4 Å². The molecule has 8 heteroatoms. The van der Waals surface area contributed by atoms with Crippen LogP contribution >= 0.6 is 11.3 Å². The fourth-order valence-electron chi connectivity index (χ4n) is 5.34. The zero-order chi connectivity index (χ0) is 23.7. The van der Waals surface area contributed by atoms with Gasteiger partial charge in [0.15, 0.2) is 0 Å². The number of alkyl halides is 2. The van der Waals surface area contributed by atoms with Crippen molar-refractivity contribution in [3.8, 4) is 33.0 Å². The normalized spacial score (nSPS) is 16.8. The summed E-state index contributed by atoms with van der Waals surface area (Å²) in [5.41, 5.74) is 9.00. The van der Waals surface area contributed by atoms with Crippen molar-refractivity contribution < 1.29 is 8.78 Å². The van der Waals surface area contributed by atoms with Crippen molar-refractivity contribution >= 4 is 22.2 Å². The largest absolute Gasteiger partial charge is 0.293 e. The van der Waals surface area contributed by atoms with Crippen LogP contribution in [0.2, 0.25) is 0 Å². The third-order valence-electron chi connectivity index (χ3n) is 7.20. The number of rotatable bonds is 4. The molecule has 5 nitrogen and oxygen atoms in total. The van der Waals surface area contributed by atoms with Gasteiger partial charge in [0.25, 0.3) is 5.92 Å². The summed E-state index contributed by atoms with van der Waals surface area (Å²) in [4.78, 5) is 4.39. The van der Waals surface area contributed by atoms with Gasteiger partial charge in [0.2, 0.25) is 0 Å². The van der Waals surface area contributed by atoms with Crippen LogP contribution in [0.15, 0.2) is 54.7 Å². The Morgan fingerprint density at radius 1 is 1.09 bits per heavy atom. The van der Waals surface area contributed by atoms with Gasteiger partial charge in [-0.15, -0.1) is 11.3 Å². The van der Waals surface area contributed by atoms with Crippen LogP contribution in [0.4, 0.5) is 8.78 Å². The molecule has 35 heavy (non-hydrogen) atoms. The van der Waals surface area contributed by atoms with Gasteiger partial charge >= 0.3 is 0 Å². The zero-order valence-electron chi connectivity index (χ0n) is 19.2. The first-order chi connectivity index (χ1) is 16.9. The molecule has 0 atom stereocenters. The lowest BCUT2D eigenvalue weighted by Crippen LogP contribution is -2.24. The van der Waals surface area contributed by atoms with Gasteiger partial charge in [-0.25, -0.2) is 8.78 Å². The fraction of sp³-hybridized carbons (Fsp3) is 0.259. The molecule has 0 amide bonds. The second-order valence-electron chi connectivity index (χ2n) is 9.61. The molecule has 1 N–H and O–H groups in total. The van der Waals surface area contributed by atoms with Crippen molar-refractivity contribution in [3.63, 3.8) is 0 Å². The molecular weight excluding hydrogens is 464 g/mol. The number of nitrogens with zero attached hydrogens (tertiary/aromatic N) is 4. The molecule has 3 aromatic heterocycles. The van der Waals surface area contributed by atoms with E-state index in [0.29, 0.717) is 13.1 Å². The van der Waals surface area contributed by atoms with Gasteiger partial charge in [-0.1, -0.05) is 36.4 Å². The number of halogens is 2. The number of aryl methyl sites for hydroxylation is 1. The van der Waals surface area contributed by atoms with Crippen LogP contribution < -0.4 is 0 Å². The zero-order valence-corrected chi connectivity index (χ0v) is 20.0. The summed E-state index contributed by atoms with van der Waals surface area (Å²) >= 11 is 1.81. The smallest absolute Gasteiger partial charge is 0.261 e. The molecule has 0 radical (unpaired) electrons. The first-order valence-electron chi connectivity index (χ1n) is 11.8. The number of hydrogen-bond donors (Lipinski definition) is 1. The molecule has 176 valence electrons.